The maximum atomic E-state index is 6.40. The third-order valence-corrected chi connectivity index (χ3v) is 5.40. The van der Waals surface area contributed by atoms with Crippen molar-refractivity contribution in [2.75, 3.05) is 5.33 Å². The predicted octanol–water partition coefficient (Wildman–Crippen LogP) is 5.31. The molecule has 1 unspecified atom stereocenters. The summed E-state index contributed by atoms with van der Waals surface area (Å²) in [6, 6.07) is 8.01. The fraction of sp³-hybridized carbons (Fsp3) is 0.438. The summed E-state index contributed by atoms with van der Waals surface area (Å²) in [5.41, 5.74) is 3.20. The summed E-state index contributed by atoms with van der Waals surface area (Å²) in [4.78, 5) is 0. The third-order valence-electron chi connectivity index (χ3n) is 3.62. The Morgan fingerprint density at radius 3 is 2.57 bits per heavy atom. The quantitative estimate of drug-likeness (QED) is 0.611. The van der Waals surface area contributed by atoms with Crippen molar-refractivity contribution in [2.45, 2.75) is 33.2 Å². The van der Waals surface area contributed by atoms with E-state index < -0.39 is 0 Å². The fourth-order valence-corrected chi connectivity index (χ4v) is 3.38. The summed E-state index contributed by atoms with van der Waals surface area (Å²) in [6.07, 6.45) is 1.82. The summed E-state index contributed by atoms with van der Waals surface area (Å²) in [6.45, 7) is 4.88. The molecule has 1 heterocycles. The van der Waals surface area contributed by atoms with Gasteiger partial charge in [-0.15, -0.1) is 0 Å². The van der Waals surface area contributed by atoms with E-state index in [-0.39, 0.29) is 0 Å². The van der Waals surface area contributed by atoms with Gasteiger partial charge in [-0.1, -0.05) is 57.3 Å². The van der Waals surface area contributed by atoms with Crippen LogP contribution < -0.4 is 0 Å². The Bertz CT molecular complexity index is 610. The van der Waals surface area contributed by atoms with Crippen LogP contribution in [0.25, 0.3) is 0 Å². The van der Waals surface area contributed by atoms with Gasteiger partial charge in [-0.05, 0) is 44.2 Å². The van der Waals surface area contributed by atoms with Crippen molar-refractivity contribution in [3.05, 3.63) is 51.3 Å². The fourth-order valence-electron chi connectivity index (χ4n) is 2.49. The van der Waals surface area contributed by atoms with E-state index in [4.69, 9.17) is 23.2 Å². The predicted molar refractivity (Wildman–Crippen MR) is 93.8 cm³/mol. The zero-order valence-corrected chi connectivity index (χ0v) is 15.3. The lowest BCUT2D eigenvalue weighted by molar-refractivity contribution is 0.536. The first-order chi connectivity index (χ1) is 10.1. The molecule has 0 amide bonds. The molecule has 0 radical (unpaired) electrons. The third kappa shape index (κ3) is 4.02. The highest BCUT2D eigenvalue weighted by Gasteiger charge is 2.18. The number of nitrogens with zero attached hydrogens (tertiary/aromatic N) is 2. The Morgan fingerprint density at radius 2 is 1.95 bits per heavy atom. The van der Waals surface area contributed by atoms with E-state index in [0.29, 0.717) is 5.92 Å². The lowest BCUT2D eigenvalue weighted by Crippen LogP contribution is -2.14. The molecule has 1 aromatic heterocycles. The topological polar surface area (TPSA) is 17.8 Å². The van der Waals surface area contributed by atoms with Gasteiger partial charge in [0.25, 0.3) is 0 Å². The van der Waals surface area contributed by atoms with Crippen molar-refractivity contribution in [3.8, 4) is 0 Å². The van der Waals surface area contributed by atoms with E-state index in [0.717, 1.165) is 46.1 Å². The average Bonchev–Trinajstić information content (AvgIpc) is 2.76. The van der Waals surface area contributed by atoms with Crippen LogP contribution >= 0.6 is 39.1 Å². The van der Waals surface area contributed by atoms with Gasteiger partial charge in [-0.2, -0.15) is 5.10 Å². The van der Waals surface area contributed by atoms with Gasteiger partial charge in [0.1, 0.15) is 0 Å². The van der Waals surface area contributed by atoms with Crippen molar-refractivity contribution in [2.24, 2.45) is 5.92 Å². The Morgan fingerprint density at radius 1 is 1.24 bits per heavy atom. The van der Waals surface area contributed by atoms with E-state index in [1.807, 2.05) is 29.8 Å². The van der Waals surface area contributed by atoms with Crippen molar-refractivity contribution in [1.82, 2.24) is 9.78 Å². The zero-order chi connectivity index (χ0) is 15.4. The number of halogens is 3. The maximum Gasteiger partial charge on any atom is 0.0847 e. The molecule has 114 valence electrons. The Labute approximate surface area is 144 Å². The minimum atomic E-state index is 0.434. The zero-order valence-electron chi connectivity index (χ0n) is 12.2. The highest BCUT2D eigenvalue weighted by molar-refractivity contribution is 9.09. The molecule has 0 aliphatic heterocycles. The van der Waals surface area contributed by atoms with Crippen molar-refractivity contribution < 1.29 is 0 Å². The van der Waals surface area contributed by atoms with Gasteiger partial charge >= 0.3 is 0 Å². The highest BCUT2D eigenvalue weighted by Crippen LogP contribution is 2.27. The lowest BCUT2D eigenvalue weighted by atomic mass is 9.96. The molecule has 0 fully saturated rings. The van der Waals surface area contributed by atoms with E-state index >= 15 is 0 Å². The van der Waals surface area contributed by atoms with Gasteiger partial charge in [0.2, 0.25) is 0 Å². The first kappa shape index (κ1) is 16.9. The van der Waals surface area contributed by atoms with Gasteiger partial charge in [0.05, 0.1) is 16.4 Å². The second-order valence-electron chi connectivity index (χ2n) is 5.18. The van der Waals surface area contributed by atoms with Gasteiger partial charge < -0.3 is 0 Å². The molecule has 2 nitrogen and oxygen atoms in total. The number of alkyl halides is 1. The van der Waals surface area contributed by atoms with Gasteiger partial charge in [-0.25, -0.2) is 0 Å². The van der Waals surface area contributed by atoms with Crippen molar-refractivity contribution >= 4 is 39.1 Å². The molecule has 0 N–H and O–H groups in total. The number of aryl methyl sites for hydroxylation is 2. The number of hydrogen-bond acceptors (Lipinski definition) is 1. The standard InChI is InChI=1S/C16H19BrCl2N2/c1-3-21-15(16(19)11(2)20-21)9-12(10-17)8-13-6-4-5-7-14(13)18/h4-7,12H,3,8-10H2,1-2H3. The van der Waals surface area contributed by atoms with E-state index in [1.54, 1.807) is 0 Å². The Hall–Kier alpha value is -0.510. The lowest BCUT2D eigenvalue weighted by Gasteiger charge is -2.16. The Kier molecular flexibility index (Phi) is 6.15. The van der Waals surface area contributed by atoms with Crippen LogP contribution in [-0.4, -0.2) is 15.1 Å². The number of rotatable bonds is 6. The summed E-state index contributed by atoms with van der Waals surface area (Å²) >= 11 is 16.3. The smallest absolute Gasteiger partial charge is 0.0847 e. The van der Waals surface area contributed by atoms with Crippen molar-refractivity contribution in [1.29, 1.82) is 0 Å². The normalized spacial score (nSPS) is 12.6. The SMILES string of the molecule is CCn1nc(C)c(Cl)c1CC(CBr)Cc1ccccc1Cl. The highest BCUT2D eigenvalue weighted by atomic mass is 79.9. The number of aromatic nitrogens is 2. The molecule has 2 rings (SSSR count). The number of benzene rings is 1. The minimum Gasteiger partial charge on any atom is -0.268 e. The van der Waals surface area contributed by atoms with Crippen LogP contribution in [0.5, 0.6) is 0 Å². The molecule has 5 heteroatoms. The first-order valence-electron chi connectivity index (χ1n) is 7.07. The molecular formula is C16H19BrCl2N2. The Balaban J connectivity index is 2.18. The molecule has 0 aliphatic carbocycles. The van der Waals surface area contributed by atoms with Crippen LogP contribution in [-0.2, 0) is 19.4 Å². The van der Waals surface area contributed by atoms with Crippen LogP contribution in [0.1, 0.15) is 23.9 Å². The van der Waals surface area contributed by atoms with Crippen LogP contribution in [0, 0.1) is 12.8 Å². The van der Waals surface area contributed by atoms with Gasteiger partial charge in [0, 0.05) is 16.9 Å². The molecule has 0 aliphatic rings. The van der Waals surface area contributed by atoms with Gasteiger partial charge in [0.15, 0.2) is 0 Å². The van der Waals surface area contributed by atoms with E-state index in [2.05, 4.69) is 34.0 Å². The average molecular weight is 390 g/mol. The first-order valence-corrected chi connectivity index (χ1v) is 8.95. The van der Waals surface area contributed by atoms with Crippen LogP contribution in [0.4, 0.5) is 0 Å². The monoisotopic (exact) mass is 388 g/mol. The summed E-state index contributed by atoms with van der Waals surface area (Å²) in [7, 11) is 0. The van der Waals surface area contributed by atoms with Gasteiger partial charge in [-0.3, -0.25) is 4.68 Å². The molecular weight excluding hydrogens is 371 g/mol. The second-order valence-corrected chi connectivity index (χ2v) is 6.61. The summed E-state index contributed by atoms with van der Waals surface area (Å²) < 4.78 is 2.00. The molecule has 1 atom stereocenters. The molecule has 0 saturated carbocycles. The molecule has 0 spiro atoms. The molecule has 21 heavy (non-hydrogen) atoms. The van der Waals surface area contributed by atoms with E-state index in [1.165, 1.54) is 5.56 Å². The van der Waals surface area contributed by atoms with Crippen LogP contribution in [0.3, 0.4) is 0 Å². The number of hydrogen-bond donors (Lipinski definition) is 0. The van der Waals surface area contributed by atoms with Crippen molar-refractivity contribution in [3.63, 3.8) is 0 Å². The molecule has 0 saturated heterocycles. The maximum absolute atomic E-state index is 6.40. The largest absolute Gasteiger partial charge is 0.268 e. The van der Waals surface area contributed by atoms with Crippen LogP contribution in [0.2, 0.25) is 10.0 Å². The summed E-state index contributed by atoms with van der Waals surface area (Å²) in [5, 5.41) is 7.01. The van der Waals surface area contributed by atoms with Crippen LogP contribution in [0.15, 0.2) is 24.3 Å². The molecule has 2 aromatic rings. The molecule has 1 aromatic carbocycles. The minimum absolute atomic E-state index is 0.434. The summed E-state index contributed by atoms with van der Waals surface area (Å²) in [5.74, 6) is 0.434. The molecule has 0 bridgehead atoms. The van der Waals surface area contributed by atoms with E-state index in [9.17, 15) is 0 Å². The second kappa shape index (κ2) is 7.66.